The van der Waals surface area contributed by atoms with Crippen LogP contribution < -0.4 is 14.7 Å². The fourth-order valence-electron chi connectivity index (χ4n) is 13.0. The predicted molar refractivity (Wildman–Crippen MR) is 388 cm³/mol. The van der Waals surface area contributed by atoms with Gasteiger partial charge in [0.25, 0.3) is 0 Å². The molecule has 0 N–H and O–H groups in total. The van der Waals surface area contributed by atoms with Crippen LogP contribution >= 0.6 is 0 Å². The van der Waals surface area contributed by atoms with Crippen LogP contribution in [0.4, 0.5) is 51.2 Å². The molecule has 0 saturated heterocycles. The van der Waals surface area contributed by atoms with E-state index in [4.69, 9.17) is 8.83 Å². The van der Waals surface area contributed by atoms with Crippen LogP contribution in [0.2, 0.25) is 0 Å². The number of nitrogens with zero attached hydrogens (tertiary/aromatic N) is 3. The van der Waals surface area contributed by atoms with E-state index < -0.39 is 0 Å². The maximum absolute atomic E-state index is 7.39. The lowest BCUT2D eigenvalue weighted by Gasteiger charge is -2.37. The lowest BCUT2D eigenvalue weighted by molar-refractivity contribution is 0.512. The van der Waals surface area contributed by atoms with E-state index in [0.29, 0.717) is 0 Å². The minimum atomic E-state index is -0.160. The van der Waals surface area contributed by atoms with Crippen LogP contribution in [0.25, 0.3) is 44.0 Å². The van der Waals surface area contributed by atoms with Gasteiger partial charge in [-0.2, -0.15) is 0 Å². The highest BCUT2D eigenvalue weighted by Crippen LogP contribution is 2.54. The van der Waals surface area contributed by atoms with Crippen LogP contribution in [0.1, 0.15) is 160 Å². The van der Waals surface area contributed by atoms with E-state index in [1.807, 2.05) is 0 Å². The Hall–Kier alpha value is -8.80. The van der Waals surface area contributed by atoms with Gasteiger partial charge >= 0.3 is 0 Å². The maximum Gasteiger partial charge on any atom is 0.159 e. The molecule has 11 aromatic rings. The first-order chi connectivity index (χ1) is 42.4. The zero-order chi connectivity index (χ0) is 64.6. The minimum absolute atomic E-state index is 0.0536. The van der Waals surface area contributed by atoms with Crippen molar-refractivity contribution in [2.75, 3.05) is 14.7 Å². The summed E-state index contributed by atoms with van der Waals surface area (Å²) in [5.74, 6) is 0.874. The molecule has 5 nitrogen and oxygen atoms in total. The summed E-state index contributed by atoms with van der Waals surface area (Å²) < 4.78 is 14.7. The van der Waals surface area contributed by atoms with Gasteiger partial charge in [0.1, 0.15) is 16.9 Å². The van der Waals surface area contributed by atoms with Crippen molar-refractivity contribution in [2.24, 2.45) is 0 Å². The molecule has 460 valence electrons. The van der Waals surface area contributed by atoms with E-state index in [2.05, 4.69) is 353 Å². The molecule has 5 heteroatoms. The Morgan fingerprint density at radius 2 is 0.722 bits per heavy atom. The molecule has 0 radical (unpaired) electrons. The van der Waals surface area contributed by atoms with Gasteiger partial charge in [-0.05, 0) is 161 Å². The number of benzene rings is 9. The first kappa shape index (κ1) is 62.8. The highest BCUT2D eigenvalue weighted by atomic mass is 16.3. The van der Waals surface area contributed by atoms with Gasteiger partial charge in [-0.3, -0.25) is 0 Å². The molecule has 90 heavy (non-hydrogen) atoms. The summed E-state index contributed by atoms with van der Waals surface area (Å²) in [4.78, 5) is 7.51. The normalized spacial score (nSPS) is 12.4. The van der Waals surface area contributed by atoms with Crippen molar-refractivity contribution in [1.82, 2.24) is 0 Å². The van der Waals surface area contributed by atoms with Gasteiger partial charge in [0.2, 0.25) is 0 Å². The van der Waals surface area contributed by atoms with E-state index >= 15 is 0 Å². The monoisotopic (exact) mass is 1190 g/mol. The Balaban J connectivity index is 1.32. The molecule has 0 atom stereocenters. The molecule has 2 heterocycles. The molecule has 2 aromatic heterocycles. The van der Waals surface area contributed by atoms with Crippen molar-refractivity contribution in [2.45, 2.75) is 166 Å². The van der Waals surface area contributed by atoms with Gasteiger partial charge in [0.15, 0.2) is 5.58 Å². The summed E-state index contributed by atoms with van der Waals surface area (Å²) in [6.07, 6.45) is 0. The third-order valence-electron chi connectivity index (χ3n) is 18.2. The average molecular weight is 1190 g/mol. The lowest BCUT2D eigenvalue weighted by atomic mass is 9.85. The Bertz CT molecular complexity index is 4570. The molecule has 0 unspecified atom stereocenters. The molecular formula is C85H93N3O2. The molecule has 0 bridgehead atoms. The molecule has 0 fully saturated rings. The molecule has 0 aliphatic heterocycles. The van der Waals surface area contributed by atoms with Gasteiger partial charge in [0, 0.05) is 55.6 Å². The summed E-state index contributed by atoms with van der Waals surface area (Å²) in [7, 11) is 0. The van der Waals surface area contributed by atoms with Gasteiger partial charge in [-0.1, -0.05) is 249 Å². The first-order valence-electron chi connectivity index (χ1n) is 32.2. The zero-order valence-electron chi connectivity index (χ0n) is 57.2. The van der Waals surface area contributed by atoms with Crippen LogP contribution in [-0.2, 0) is 27.1 Å². The predicted octanol–water partition coefficient (Wildman–Crippen LogP) is 25.6. The Morgan fingerprint density at radius 3 is 1.31 bits per heavy atom. The number of hydrogen-bond donors (Lipinski definition) is 0. The molecule has 0 amide bonds. The largest absolute Gasteiger partial charge is 0.460 e. The number of aryl methyl sites for hydroxylation is 4. The molecule has 0 spiro atoms. The fraction of sp³-hybridized carbons (Fsp3) is 0.294. The summed E-state index contributed by atoms with van der Waals surface area (Å²) in [5.41, 5.74) is 24.0. The van der Waals surface area contributed by atoms with Crippen LogP contribution in [0.3, 0.4) is 0 Å². The van der Waals surface area contributed by atoms with Crippen LogP contribution in [0.15, 0.2) is 209 Å². The number of furan rings is 1. The van der Waals surface area contributed by atoms with Crippen molar-refractivity contribution in [3.8, 4) is 11.1 Å². The van der Waals surface area contributed by atoms with E-state index in [1.165, 1.54) is 27.8 Å². The van der Waals surface area contributed by atoms with Gasteiger partial charge < -0.3 is 23.5 Å². The van der Waals surface area contributed by atoms with E-state index in [9.17, 15) is 0 Å². The number of hydrogen-bond acceptors (Lipinski definition) is 5. The second-order valence-electron chi connectivity index (χ2n) is 30.2. The standard InChI is InChI=1S/C85H93N3O2/c1-54-30-21-25-39-71(54)87(75-41-29-36-68-67-35-28-38-70(85(18,19)20)79(67)90-80(68)75)64-52-76(86(63-46-42-60(43-47-63)81(6,7)8)72-48-44-61(50-55(72)2)82(9,10)11)57(4)77(53-64)88(73-49-45-62(51-56(73)3)83(12,13)14)74-40-26-23-33-65(74)66-34-27-32-59-31-22-24-37-69(84(15,16)17)58(5)89-78(59)66/h21-53H,1-20H3. The second kappa shape index (κ2) is 23.5. The van der Waals surface area contributed by atoms with Gasteiger partial charge in [0.05, 0.1) is 28.4 Å². The van der Waals surface area contributed by atoms with Crippen LogP contribution in [0, 0.1) is 34.6 Å². The Kier molecular flexibility index (Phi) is 16.4. The third kappa shape index (κ3) is 12.1. The fourth-order valence-corrected chi connectivity index (χ4v) is 13.0. The highest BCUT2D eigenvalue weighted by Gasteiger charge is 2.32. The Labute approximate surface area is 537 Å². The first-order valence-corrected chi connectivity index (χ1v) is 32.2. The van der Waals surface area contributed by atoms with Crippen molar-refractivity contribution in [3.05, 3.63) is 256 Å². The highest BCUT2D eigenvalue weighted by molar-refractivity contribution is 6.12. The smallest absolute Gasteiger partial charge is 0.159 e. The summed E-state index contributed by atoms with van der Waals surface area (Å²) in [5, 5.41) is 3.18. The van der Waals surface area contributed by atoms with Crippen molar-refractivity contribution in [1.29, 1.82) is 0 Å². The molecular weight excluding hydrogens is 1090 g/mol. The number of fused-ring (bicyclic) bond motifs is 4. The van der Waals surface area contributed by atoms with E-state index in [0.717, 1.165) is 123 Å². The van der Waals surface area contributed by atoms with Crippen LogP contribution in [-0.4, -0.2) is 0 Å². The van der Waals surface area contributed by atoms with E-state index in [1.54, 1.807) is 0 Å². The van der Waals surface area contributed by atoms with Crippen LogP contribution in [0.5, 0.6) is 0 Å². The molecule has 11 rings (SSSR count). The SMILES string of the molecule is Cc1cc(C(C)(C)C)ccc1N(c1ccc(C(C)(C)C)cc1)c1cc(N(c2ccccc2C)c2cccc3c2oc2c(C(C)(C)C)cccc23)cc(N(c2ccc(C(C)(C)C)cc2C)c2ccccc2-c2cccc3ccccc(C(C)(C)C)c(C)oc23)c1C. The summed E-state index contributed by atoms with van der Waals surface area (Å²) in [6, 6.07) is 74.5. The van der Waals surface area contributed by atoms with E-state index in [-0.39, 0.29) is 27.1 Å². The van der Waals surface area contributed by atoms with Gasteiger partial charge in [-0.25, -0.2) is 0 Å². The van der Waals surface area contributed by atoms with Crippen molar-refractivity contribution in [3.63, 3.8) is 0 Å². The second-order valence-corrected chi connectivity index (χ2v) is 30.2. The molecule has 0 saturated carbocycles. The average Bonchev–Trinajstić information content (AvgIpc) is 1.23. The van der Waals surface area contributed by atoms with Crippen molar-refractivity contribution >= 4 is 84.1 Å². The summed E-state index contributed by atoms with van der Waals surface area (Å²) >= 11 is 0. The Morgan fingerprint density at radius 1 is 0.278 bits per heavy atom. The molecule has 0 aliphatic carbocycles. The summed E-state index contributed by atoms with van der Waals surface area (Å²) in [6.45, 7) is 45.5. The van der Waals surface area contributed by atoms with Crippen molar-refractivity contribution < 1.29 is 8.83 Å². The zero-order valence-corrected chi connectivity index (χ0v) is 57.2. The molecule has 0 aliphatic rings. The minimum Gasteiger partial charge on any atom is -0.460 e. The number of anilines is 9. The number of rotatable bonds is 10. The van der Waals surface area contributed by atoms with Gasteiger partial charge in [-0.15, -0.1) is 0 Å². The quantitative estimate of drug-likeness (QED) is 0.136. The third-order valence-corrected chi connectivity index (χ3v) is 18.2. The lowest BCUT2D eigenvalue weighted by Crippen LogP contribution is -2.20. The maximum atomic E-state index is 7.39. The topological polar surface area (TPSA) is 36.0 Å². The number of para-hydroxylation sites is 5. The molecule has 9 aromatic carbocycles.